The number of rotatable bonds is 4. The van der Waals surface area contributed by atoms with Crippen molar-refractivity contribution in [3.05, 3.63) is 0 Å². The number of carbonyl (C=O) groups is 1. The Morgan fingerprint density at radius 3 is 2.52 bits per heavy atom. The summed E-state index contributed by atoms with van der Waals surface area (Å²) in [5, 5.41) is 6.78. The van der Waals surface area contributed by atoms with Crippen molar-refractivity contribution in [1.29, 1.82) is 0 Å². The summed E-state index contributed by atoms with van der Waals surface area (Å²) in [5.41, 5.74) is 0. The van der Waals surface area contributed by atoms with Crippen LogP contribution in [-0.4, -0.2) is 49.5 Å². The molecule has 1 amide bonds. The van der Waals surface area contributed by atoms with Gasteiger partial charge >= 0.3 is 0 Å². The smallest absolute Gasteiger partial charge is 0.243 e. The van der Waals surface area contributed by atoms with Crippen LogP contribution in [0.3, 0.4) is 0 Å². The van der Waals surface area contributed by atoms with E-state index in [2.05, 4.69) is 36.4 Å². The van der Waals surface area contributed by atoms with E-state index in [4.69, 9.17) is 0 Å². The van der Waals surface area contributed by atoms with E-state index in [0.29, 0.717) is 12.1 Å². The Balaban J connectivity index is 0.00000400. The van der Waals surface area contributed by atoms with Gasteiger partial charge in [-0.1, -0.05) is 19.8 Å². The zero-order valence-corrected chi connectivity index (χ0v) is 16.3. The molecule has 1 aliphatic rings. The van der Waals surface area contributed by atoms with E-state index >= 15 is 0 Å². The number of guanidine groups is 1. The third-order valence-electron chi connectivity index (χ3n) is 3.57. The molecule has 1 saturated carbocycles. The van der Waals surface area contributed by atoms with E-state index in [0.717, 1.165) is 11.9 Å². The quantitative estimate of drug-likeness (QED) is 0.425. The second-order valence-electron chi connectivity index (χ2n) is 6.37. The molecule has 0 saturated heterocycles. The summed E-state index contributed by atoms with van der Waals surface area (Å²) in [6.45, 7) is 6.65. The molecule has 6 heteroatoms. The lowest BCUT2D eigenvalue weighted by atomic mass is 9.87. The fraction of sp³-hybridized carbons (Fsp3) is 0.867. The summed E-state index contributed by atoms with van der Waals surface area (Å²) in [7, 11) is 3.51. The van der Waals surface area contributed by atoms with Crippen LogP contribution >= 0.6 is 24.0 Å². The van der Waals surface area contributed by atoms with Crippen molar-refractivity contribution in [2.45, 2.75) is 58.5 Å². The molecule has 1 fully saturated rings. The van der Waals surface area contributed by atoms with Gasteiger partial charge < -0.3 is 15.5 Å². The molecule has 124 valence electrons. The number of likely N-dealkylation sites (N-methyl/N-ethyl adjacent to an activating group) is 1. The lowest BCUT2D eigenvalue weighted by molar-refractivity contribution is -0.127. The van der Waals surface area contributed by atoms with Gasteiger partial charge in [0.05, 0.1) is 0 Å². The van der Waals surface area contributed by atoms with E-state index in [9.17, 15) is 4.79 Å². The van der Waals surface area contributed by atoms with E-state index < -0.39 is 0 Å². The predicted octanol–water partition coefficient (Wildman–Crippen LogP) is 2.21. The van der Waals surface area contributed by atoms with Crippen LogP contribution in [0.1, 0.15) is 46.5 Å². The summed E-state index contributed by atoms with van der Waals surface area (Å²) in [6.07, 6.45) is 4.96. The molecule has 0 aromatic heterocycles. The minimum atomic E-state index is 0. The van der Waals surface area contributed by atoms with Crippen LogP contribution in [0, 0.1) is 5.92 Å². The number of nitrogens with zero attached hydrogens (tertiary/aromatic N) is 2. The Kier molecular flexibility index (Phi) is 9.98. The summed E-state index contributed by atoms with van der Waals surface area (Å²) in [4.78, 5) is 17.6. The zero-order valence-electron chi connectivity index (χ0n) is 14.0. The Morgan fingerprint density at radius 2 is 2.00 bits per heavy atom. The first-order valence-electron chi connectivity index (χ1n) is 7.66. The minimum absolute atomic E-state index is 0. The first-order chi connectivity index (χ1) is 9.38. The number of hydrogen-bond donors (Lipinski definition) is 2. The molecule has 0 aliphatic heterocycles. The van der Waals surface area contributed by atoms with Gasteiger partial charge in [-0.3, -0.25) is 4.79 Å². The number of aliphatic imine (C=N–C) groups is 1. The van der Waals surface area contributed by atoms with Crippen LogP contribution in [0.4, 0.5) is 0 Å². The summed E-state index contributed by atoms with van der Waals surface area (Å²) in [6, 6.07) is 0.773. The van der Waals surface area contributed by atoms with E-state index in [1.807, 2.05) is 0 Å². The highest BCUT2D eigenvalue weighted by molar-refractivity contribution is 14.0. The van der Waals surface area contributed by atoms with Gasteiger partial charge in [-0.15, -0.1) is 24.0 Å². The van der Waals surface area contributed by atoms with E-state index in [1.165, 1.54) is 25.7 Å². The van der Waals surface area contributed by atoms with Crippen molar-refractivity contribution in [3.8, 4) is 0 Å². The fourth-order valence-electron chi connectivity index (χ4n) is 2.45. The molecule has 0 spiro atoms. The zero-order chi connectivity index (χ0) is 15.1. The molecule has 2 atom stereocenters. The molecule has 5 nitrogen and oxygen atoms in total. The number of amides is 1. The normalized spacial score (nSPS) is 22.5. The van der Waals surface area contributed by atoms with Gasteiger partial charge in [0.2, 0.25) is 5.91 Å². The van der Waals surface area contributed by atoms with Crippen LogP contribution in [0.2, 0.25) is 0 Å². The topological polar surface area (TPSA) is 56.7 Å². The van der Waals surface area contributed by atoms with Crippen molar-refractivity contribution in [2.75, 3.05) is 20.6 Å². The third kappa shape index (κ3) is 8.48. The predicted molar refractivity (Wildman–Crippen MR) is 99.2 cm³/mol. The van der Waals surface area contributed by atoms with Gasteiger partial charge in [-0.05, 0) is 32.6 Å². The molecule has 2 unspecified atom stereocenters. The van der Waals surface area contributed by atoms with Gasteiger partial charge in [0.15, 0.2) is 5.96 Å². The first kappa shape index (κ1) is 20.5. The largest absolute Gasteiger partial charge is 0.354 e. The highest BCUT2D eigenvalue weighted by atomic mass is 127. The first-order valence-corrected chi connectivity index (χ1v) is 7.66. The highest BCUT2D eigenvalue weighted by Crippen LogP contribution is 2.23. The number of carbonyl (C=O) groups excluding carboxylic acids is 1. The monoisotopic (exact) mass is 410 g/mol. The van der Waals surface area contributed by atoms with Crippen molar-refractivity contribution < 1.29 is 4.79 Å². The van der Waals surface area contributed by atoms with Crippen LogP contribution in [-0.2, 0) is 4.79 Å². The molecule has 0 aromatic rings. The van der Waals surface area contributed by atoms with E-state index in [1.54, 1.807) is 19.0 Å². The standard InChI is InChI=1S/C15H30N4O.HI/c1-11(2)17-15(16-10-14(20)19(4)5)18-13-8-6-7-12(3)9-13;/h11-13H,6-10H2,1-5H3,(H2,16,17,18);1H. The van der Waals surface area contributed by atoms with Crippen LogP contribution in [0.5, 0.6) is 0 Å². The average Bonchev–Trinajstić information content (AvgIpc) is 2.34. The summed E-state index contributed by atoms with van der Waals surface area (Å²) in [5.74, 6) is 1.55. The van der Waals surface area contributed by atoms with Gasteiger partial charge in [0.25, 0.3) is 0 Å². The van der Waals surface area contributed by atoms with Gasteiger partial charge in [-0.25, -0.2) is 4.99 Å². The Labute approximate surface area is 146 Å². The minimum Gasteiger partial charge on any atom is -0.354 e. The highest BCUT2D eigenvalue weighted by Gasteiger charge is 2.20. The third-order valence-corrected chi connectivity index (χ3v) is 3.57. The molecule has 2 N–H and O–H groups in total. The number of halogens is 1. The average molecular weight is 410 g/mol. The van der Waals surface area contributed by atoms with E-state index in [-0.39, 0.29) is 36.4 Å². The molecule has 0 bridgehead atoms. The van der Waals surface area contributed by atoms with Crippen LogP contribution in [0.25, 0.3) is 0 Å². The summed E-state index contributed by atoms with van der Waals surface area (Å²) >= 11 is 0. The van der Waals surface area contributed by atoms with Gasteiger partial charge in [-0.2, -0.15) is 0 Å². The molecule has 1 aliphatic carbocycles. The lowest BCUT2D eigenvalue weighted by Crippen LogP contribution is -2.47. The number of hydrogen-bond acceptors (Lipinski definition) is 2. The number of nitrogens with one attached hydrogen (secondary N) is 2. The van der Waals surface area contributed by atoms with Crippen LogP contribution < -0.4 is 10.6 Å². The van der Waals surface area contributed by atoms with Crippen LogP contribution in [0.15, 0.2) is 4.99 Å². The summed E-state index contributed by atoms with van der Waals surface area (Å²) < 4.78 is 0. The molecule has 0 heterocycles. The van der Waals surface area contributed by atoms with Gasteiger partial charge in [0.1, 0.15) is 6.54 Å². The molecule has 21 heavy (non-hydrogen) atoms. The molecular formula is C15H31IN4O. The maximum atomic E-state index is 11.6. The molecular weight excluding hydrogens is 379 g/mol. The molecule has 1 rings (SSSR count). The Hall–Kier alpha value is -0.530. The second kappa shape index (κ2) is 10.2. The molecule has 0 aromatic carbocycles. The van der Waals surface area contributed by atoms with Crippen molar-refractivity contribution >= 4 is 35.8 Å². The maximum absolute atomic E-state index is 11.6. The SMILES string of the molecule is CC1CCCC(NC(=NCC(=O)N(C)C)NC(C)C)C1.I. The molecule has 0 radical (unpaired) electrons. The Bertz CT molecular complexity index is 345. The lowest BCUT2D eigenvalue weighted by Gasteiger charge is -2.29. The van der Waals surface area contributed by atoms with Crippen molar-refractivity contribution in [2.24, 2.45) is 10.9 Å². The van der Waals surface area contributed by atoms with Crippen molar-refractivity contribution in [3.63, 3.8) is 0 Å². The second-order valence-corrected chi connectivity index (χ2v) is 6.37. The van der Waals surface area contributed by atoms with Crippen molar-refractivity contribution in [1.82, 2.24) is 15.5 Å². The maximum Gasteiger partial charge on any atom is 0.243 e. The van der Waals surface area contributed by atoms with Gasteiger partial charge in [0, 0.05) is 26.2 Å². The fourth-order valence-corrected chi connectivity index (χ4v) is 2.45. The Morgan fingerprint density at radius 1 is 1.33 bits per heavy atom.